The van der Waals surface area contributed by atoms with Crippen LogP contribution < -0.4 is 4.74 Å². The monoisotopic (exact) mass is 536 g/mol. The van der Waals surface area contributed by atoms with Gasteiger partial charge >= 0.3 is 0 Å². The standard InChI is InChI=1S/C31H27Cl3O2/c32-19-18-30(24-6-12-27(33)13-7-24)31(25-8-14-28(34)15-9-25)26-10-16-29(17-11-26)36-21-20-35-22-23-4-2-1-3-5-23/h1-17H,18-22H2/b31-30-. The molecule has 4 aromatic carbocycles. The van der Waals surface area contributed by atoms with Crippen molar-refractivity contribution in [3.8, 4) is 5.75 Å². The smallest absolute Gasteiger partial charge is 0.119 e. The van der Waals surface area contributed by atoms with Gasteiger partial charge in [-0.1, -0.05) is 89.9 Å². The third-order valence-corrected chi connectivity index (χ3v) is 6.42. The van der Waals surface area contributed by atoms with Gasteiger partial charge in [-0.25, -0.2) is 0 Å². The van der Waals surface area contributed by atoms with E-state index in [1.54, 1.807) is 0 Å². The molecule has 36 heavy (non-hydrogen) atoms. The second-order valence-corrected chi connectivity index (χ2v) is 9.47. The van der Waals surface area contributed by atoms with Crippen LogP contribution in [-0.2, 0) is 11.3 Å². The van der Waals surface area contributed by atoms with Crippen LogP contribution in [0.25, 0.3) is 11.1 Å². The van der Waals surface area contributed by atoms with Gasteiger partial charge in [-0.2, -0.15) is 0 Å². The Hall–Kier alpha value is -2.75. The highest BCUT2D eigenvalue weighted by Gasteiger charge is 2.14. The molecule has 4 rings (SSSR count). The van der Waals surface area contributed by atoms with E-state index in [0.717, 1.165) is 39.1 Å². The molecule has 184 valence electrons. The molecule has 0 saturated heterocycles. The third kappa shape index (κ3) is 7.38. The lowest BCUT2D eigenvalue weighted by molar-refractivity contribution is 0.0889. The van der Waals surface area contributed by atoms with Crippen molar-refractivity contribution in [2.45, 2.75) is 13.0 Å². The summed E-state index contributed by atoms with van der Waals surface area (Å²) >= 11 is 18.6. The fraction of sp³-hybridized carbons (Fsp3) is 0.161. The maximum atomic E-state index is 6.26. The second kappa shape index (κ2) is 13.5. The molecule has 4 aromatic rings. The summed E-state index contributed by atoms with van der Waals surface area (Å²) in [5, 5.41) is 1.40. The number of benzene rings is 4. The van der Waals surface area contributed by atoms with Crippen molar-refractivity contribution >= 4 is 45.9 Å². The van der Waals surface area contributed by atoms with E-state index in [1.807, 2.05) is 91.0 Å². The Labute approximate surface area is 228 Å². The Kier molecular flexibility index (Phi) is 9.89. The first-order chi connectivity index (χ1) is 17.6. The fourth-order valence-electron chi connectivity index (χ4n) is 3.99. The molecule has 0 radical (unpaired) electrons. The van der Waals surface area contributed by atoms with E-state index in [2.05, 4.69) is 12.1 Å². The summed E-state index contributed by atoms with van der Waals surface area (Å²) in [6.07, 6.45) is 0.707. The van der Waals surface area contributed by atoms with E-state index >= 15 is 0 Å². The minimum Gasteiger partial charge on any atom is -0.491 e. The molecule has 0 aromatic heterocycles. The SMILES string of the molecule is ClCC/C(=C(\c1ccc(Cl)cc1)c1ccc(OCCOCc2ccccc2)cc1)c1ccc(Cl)cc1. The van der Waals surface area contributed by atoms with Gasteiger partial charge in [0.1, 0.15) is 12.4 Å². The summed E-state index contributed by atoms with van der Waals surface area (Å²) in [6, 6.07) is 34.0. The molecule has 0 aliphatic carbocycles. The van der Waals surface area contributed by atoms with Crippen LogP contribution in [-0.4, -0.2) is 19.1 Å². The van der Waals surface area contributed by atoms with Crippen LogP contribution in [0.4, 0.5) is 0 Å². The van der Waals surface area contributed by atoms with Crippen LogP contribution in [0.15, 0.2) is 103 Å². The zero-order valence-corrected chi connectivity index (χ0v) is 22.1. The lowest BCUT2D eigenvalue weighted by Gasteiger charge is -2.17. The van der Waals surface area contributed by atoms with Gasteiger partial charge in [-0.05, 0) is 76.2 Å². The topological polar surface area (TPSA) is 18.5 Å². The average molecular weight is 538 g/mol. The van der Waals surface area contributed by atoms with Crippen LogP contribution in [0.1, 0.15) is 28.7 Å². The van der Waals surface area contributed by atoms with Crippen molar-refractivity contribution in [3.05, 3.63) is 135 Å². The van der Waals surface area contributed by atoms with Crippen LogP contribution in [0.3, 0.4) is 0 Å². The first kappa shape index (κ1) is 26.3. The first-order valence-electron chi connectivity index (χ1n) is 11.8. The number of ether oxygens (including phenoxy) is 2. The highest BCUT2D eigenvalue weighted by atomic mass is 35.5. The Morgan fingerprint density at radius 1 is 0.611 bits per heavy atom. The van der Waals surface area contributed by atoms with Crippen LogP contribution in [0.2, 0.25) is 10.0 Å². The zero-order chi connectivity index (χ0) is 25.2. The van der Waals surface area contributed by atoms with Crippen molar-refractivity contribution in [2.75, 3.05) is 19.1 Å². The first-order valence-corrected chi connectivity index (χ1v) is 13.1. The molecule has 0 N–H and O–H groups in total. The normalized spacial score (nSPS) is 11.8. The van der Waals surface area contributed by atoms with Gasteiger partial charge < -0.3 is 9.47 Å². The fourth-order valence-corrected chi connectivity index (χ4v) is 4.43. The van der Waals surface area contributed by atoms with Crippen LogP contribution in [0, 0.1) is 0 Å². The lowest BCUT2D eigenvalue weighted by atomic mass is 9.88. The van der Waals surface area contributed by atoms with Crippen molar-refractivity contribution in [3.63, 3.8) is 0 Å². The summed E-state index contributed by atoms with van der Waals surface area (Å²) in [7, 11) is 0. The molecule has 0 heterocycles. The molecule has 0 saturated carbocycles. The molecule has 0 aliphatic rings. The van der Waals surface area contributed by atoms with Gasteiger partial charge in [-0.3, -0.25) is 0 Å². The minimum absolute atomic E-state index is 0.480. The Balaban J connectivity index is 1.54. The average Bonchev–Trinajstić information content (AvgIpc) is 2.91. The van der Waals surface area contributed by atoms with Crippen molar-refractivity contribution in [2.24, 2.45) is 0 Å². The van der Waals surface area contributed by atoms with E-state index in [4.69, 9.17) is 44.3 Å². The predicted octanol–water partition coefficient (Wildman–Crippen LogP) is 9.18. The molecule has 2 nitrogen and oxygen atoms in total. The van der Waals surface area contributed by atoms with Gasteiger partial charge in [0.25, 0.3) is 0 Å². The van der Waals surface area contributed by atoms with Gasteiger partial charge in [0, 0.05) is 15.9 Å². The third-order valence-electron chi connectivity index (χ3n) is 5.72. The van der Waals surface area contributed by atoms with Crippen LogP contribution >= 0.6 is 34.8 Å². The highest BCUT2D eigenvalue weighted by molar-refractivity contribution is 6.31. The van der Waals surface area contributed by atoms with Crippen molar-refractivity contribution in [1.29, 1.82) is 0 Å². The quantitative estimate of drug-likeness (QED) is 0.108. The number of halogens is 3. The lowest BCUT2D eigenvalue weighted by Crippen LogP contribution is -2.06. The molecule has 0 spiro atoms. The van der Waals surface area contributed by atoms with Crippen molar-refractivity contribution in [1.82, 2.24) is 0 Å². The van der Waals surface area contributed by atoms with E-state index in [1.165, 1.54) is 0 Å². The van der Waals surface area contributed by atoms with E-state index < -0.39 is 0 Å². The Morgan fingerprint density at radius 2 is 1.17 bits per heavy atom. The number of hydrogen-bond acceptors (Lipinski definition) is 2. The summed E-state index contributed by atoms with van der Waals surface area (Å²) < 4.78 is 11.6. The molecule has 0 fully saturated rings. The predicted molar refractivity (Wildman–Crippen MR) is 152 cm³/mol. The number of alkyl halides is 1. The minimum atomic E-state index is 0.480. The highest BCUT2D eigenvalue weighted by Crippen LogP contribution is 2.36. The van der Waals surface area contributed by atoms with E-state index in [9.17, 15) is 0 Å². The largest absolute Gasteiger partial charge is 0.491 e. The summed E-state index contributed by atoms with van der Waals surface area (Å²) in [5.41, 5.74) is 6.62. The molecule has 0 amide bonds. The Bertz CT molecular complexity index is 1250. The number of hydrogen-bond donors (Lipinski definition) is 0. The second-order valence-electron chi connectivity index (χ2n) is 8.22. The van der Waals surface area contributed by atoms with E-state index in [-0.39, 0.29) is 0 Å². The van der Waals surface area contributed by atoms with Gasteiger partial charge in [0.15, 0.2) is 0 Å². The zero-order valence-electron chi connectivity index (χ0n) is 19.8. The van der Waals surface area contributed by atoms with E-state index in [0.29, 0.717) is 42.2 Å². The molecule has 5 heteroatoms. The molecular formula is C31H27Cl3O2. The molecule has 0 atom stereocenters. The molecule has 0 aliphatic heterocycles. The van der Waals surface area contributed by atoms with Crippen LogP contribution in [0.5, 0.6) is 5.75 Å². The Morgan fingerprint density at radius 3 is 1.75 bits per heavy atom. The number of allylic oxidation sites excluding steroid dienone is 1. The number of rotatable bonds is 11. The van der Waals surface area contributed by atoms with Gasteiger partial charge in [0.05, 0.1) is 13.2 Å². The molecule has 0 bridgehead atoms. The summed E-state index contributed by atoms with van der Waals surface area (Å²) in [6.45, 7) is 1.57. The molecule has 0 unspecified atom stereocenters. The maximum Gasteiger partial charge on any atom is 0.119 e. The summed E-state index contributed by atoms with van der Waals surface area (Å²) in [5.74, 6) is 1.29. The van der Waals surface area contributed by atoms with Gasteiger partial charge in [-0.15, -0.1) is 11.6 Å². The van der Waals surface area contributed by atoms with Crippen molar-refractivity contribution < 1.29 is 9.47 Å². The molecular weight excluding hydrogens is 511 g/mol. The van der Waals surface area contributed by atoms with Gasteiger partial charge in [0.2, 0.25) is 0 Å². The maximum absolute atomic E-state index is 6.26. The summed E-state index contributed by atoms with van der Waals surface area (Å²) in [4.78, 5) is 0.